The molecule has 0 aliphatic carbocycles. The number of carboxylic acids is 1. The highest BCUT2D eigenvalue weighted by Crippen LogP contribution is 2.34. The number of phenols is 1. The maximum atomic E-state index is 13.3. The number of anilines is 1. The number of rotatable bonds is 9. The van der Waals surface area contributed by atoms with Crippen LogP contribution in [0.4, 0.5) is 5.69 Å². The van der Waals surface area contributed by atoms with E-state index in [2.05, 4.69) is 5.32 Å². The van der Waals surface area contributed by atoms with Crippen LogP contribution in [0.5, 0.6) is 5.75 Å². The quantitative estimate of drug-likeness (QED) is 0.545. The van der Waals surface area contributed by atoms with Crippen LogP contribution in [0.25, 0.3) is 0 Å². The van der Waals surface area contributed by atoms with Crippen molar-refractivity contribution < 1.29 is 23.4 Å². The number of para-hydroxylation sites is 2. The van der Waals surface area contributed by atoms with E-state index in [1.807, 2.05) is 0 Å². The Labute approximate surface area is 173 Å². The smallest absolute Gasteiger partial charge is 0.320 e. The molecule has 0 heterocycles. The molecule has 0 fully saturated rings. The van der Waals surface area contributed by atoms with Crippen molar-refractivity contribution in [2.45, 2.75) is 23.8 Å². The zero-order valence-corrected chi connectivity index (χ0v) is 17.3. The molecule has 0 radical (unpaired) electrons. The maximum absolute atomic E-state index is 13.3. The molecular weight excluding hydrogens is 427 g/mol. The van der Waals surface area contributed by atoms with Gasteiger partial charge in [-0.15, -0.1) is 0 Å². The van der Waals surface area contributed by atoms with Gasteiger partial charge in [-0.2, -0.15) is 0 Å². The molecule has 0 aromatic heterocycles. The van der Waals surface area contributed by atoms with Gasteiger partial charge in [-0.25, -0.2) is 8.42 Å². The summed E-state index contributed by atoms with van der Waals surface area (Å²) in [5.74, 6) is -1.26. The monoisotopic (exact) mass is 446 g/mol. The van der Waals surface area contributed by atoms with Gasteiger partial charge in [0.2, 0.25) is 0 Å². The average molecular weight is 447 g/mol. The molecular formula is C18H20Cl2N2O5S. The molecule has 28 heavy (non-hydrogen) atoms. The van der Waals surface area contributed by atoms with E-state index in [0.717, 1.165) is 4.31 Å². The first-order valence-corrected chi connectivity index (χ1v) is 10.5. The van der Waals surface area contributed by atoms with Gasteiger partial charge in [-0.3, -0.25) is 9.10 Å². The molecule has 0 saturated heterocycles. The molecule has 0 spiro atoms. The number of hydrogen-bond donors (Lipinski definition) is 3. The summed E-state index contributed by atoms with van der Waals surface area (Å²) in [5, 5.41) is 22.2. The lowest BCUT2D eigenvalue weighted by molar-refractivity contribution is -0.139. The lowest BCUT2D eigenvalue weighted by Gasteiger charge is -2.26. The van der Waals surface area contributed by atoms with Crippen LogP contribution < -0.4 is 9.62 Å². The normalized spacial score (nSPS) is 12.5. The zero-order valence-electron chi connectivity index (χ0n) is 15.0. The summed E-state index contributed by atoms with van der Waals surface area (Å²) in [6, 6.07) is 9.24. The SMILES string of the molecule is CNC(CCCN(c1ccccc1O)S(=O)(=O)c1cc(Cl)ccc1Cl)C(=O)O. The van der Waals surface area contributed by atoms with E-state index in [9.17, 15) is 18.3 Å². The third kappa shape index (κ3) is 5.08. The molecule has 0 saturated carbocycles. The van der Waals surface area contributed by atoms with E-state index in [1.165, 1.54) is 37.4 Å². The number of halogens is 2. The van der Waals surface area contributed by atoms with Crippen LogP contribution in [0, 0.1) is 0 Å². The van der Waals surface area contributed by atoms with Gasteiger partial charge in [0.1, 0.15) is 16.7 Å². The summed E-state index contributed by atoms with van der Waals surface area (Å²) in [6.45, 7) is -0.0613. The number of nitrogens with zero attached hydrogens (tertiary/aromatic N) is 1. The van der Waals surface area contributed by atoms with Gasteiger partial charge < -0.3 is 15.5 Å². The van der Waals surface area contributed by atoms with Crippen molar-refractivity contribution in [2.24, 2.45) is 0 Å². The van der Waals surface area contributed by atoms with Crippen LogP contribution in [0.15, 0.2) is 47.4 Å². The Hall–Kier alpha value is -2.00. The minimum Gasteiger partial charge on any atom is -0.506 e. The van der Waals surface area contributed by atoms with Crippen LogP contribution >= 0.6 is 23.2 Å². The number of benzene rings is 2. The van der Waals surface area contributed by atoms with Crippen molar-refractivity contribution in [1.29, 1.82) is 0 Å². The average Bonchev–Trinajstić information content (AvgIpc) is 2.64. The van der Waals surface area contributed by atoms with Gasteiger partial charge in [-0.1, -0.05) is 35.3 Å². The van der Waals surface area contributed by atoms with Crippen molar-refractivity contribution in [3.05, 3.63) is 52.5 Å². The summed E-state index contributed by atoms with van der Waals surface area (Å²) >= 11 is 12.0. The molecule has 0 amide bonds. The van der Waals surface area contributed by atoms with E-state index in [4.69, 9.17) is 28.3 Å². The Morgan fingerprint density at radius 1 is 1.21 bits per heavy atom. The van der Waals surface area contributed by atoms with Crippen molar-refractivity contribution in [1.82, 2.24) is 5.32 Å². The van der Waals surface area contributed by atoms with Gasteiger partial charge in [0.25, 0.3) is 10.0 Å². The fourth-order valence-electron chi connectivity index (χ4n) is 2.67. The molecule has 0 bridgehead atoms. The van der Waals surface area contributed by atoms with E-state index >= 15 is 0 Å². The number of hydrogen-bond acceptors (Lipinski definition) is 5. The molecule has 10 heteroatoms. The highest BCUT2D eigenvalue weighted by molar-refractivity contribution is 7.93. The van der Waals surface area contributed by atoms with E-state index in [1.54, 1.807) is 12.1 Å². The van der Waals surface area contributed by atoms with Gasteiger partial charge >= 0.3 is 5.97 Å². The molecule has 0 aliphatic rings. The third-order valence-corrected chi connectivity index (χ3v) is 6.64. The molecule has 2 rings (SSSR count). The largest absolute Gasteiger partial charge is 0.506 e. The van der Waals surface area contributed by atoms with Crippen LogP contribution in [0.1, 0.15) is 12.8 Å². The first-order valence-electron chi connectivity index (χ1n) is 8.34. The second-order valence-corrected chi connectivity index (χ2v) is 8.64. The Morgan fingerprint density at radius 3 is 2.50 bits per heavy atom. The van der Waals surface area contributed by atoms with Crippen LogP contribution in [0.2, 0.25) is 10.0 Å². The number of aromatic hydroxyl groups is 1. The van der Waals surface area contributed by atoms with Gasteiger partial charge in [-0.05, 0) is 50.2 Å². The molecule has 0 aliphatic heterocycles. The lowest BCUT2D eigenvalue weighted by atomic mass is 10.1. The molecule has 1 atom stereocenters. The third-order valence-electron chi connectivity index (χ3n) is 4.11. The number of nitrogens with one attached hydrogen (secondary N) is 1. The summed E-state index contributed by atoms with van der Waals surface area (Å²) in [5.41, 5.74) is 0.0647. The number of sulfonamides is 1. The first kappa shape index (κ1) is 22.3. The van der Waals surface area contributed by atoms with Crippen LogP contribution in [-0.2, 0) is 14.8 Å². The van der Waals surface area contributed by atoms with E-state index < -0.39 is 22.0 Å². The minimum absolute atomic E-state index is 0.0107. The molecule has 7 nitrogen and oxygen atoms in total. The van der Waals surface area contributed by atoms with Crippen LogP contribution in [-0.4, -0.2) is 44.2 Å². The van der Waals surface area contributed by atoms with Crippen molar-refractivity contribution in [2.75, 3.05) is 17.9 Å². The fraction of sp³-hybridized carbons (Fsp3) is 0.278. The van der Waals surface area contributed by atoms with Crippen molar-refractivity contribution in [3.63, 3.8) is 0 Å². The molecule has 3 N–H and O–H groups in total. The molecule has 2 aromatic rings. The Balaban J connectivity index is 2.42. The molecule has 2 aromatic carbocycles. The number of carbonyl (C=O) groups is 1. The van der Waals surface area contributed by atoms with Crippen LogP contribution in [0.3, 0.4) is 0 Å². The second kappa shape index (κ2) is 9.47. The first-order chi connectivity index (χ1) is 13.2. The number of phenolic OH excluding ortho intramolecular Hbond substituents is 1. The van der Waals surface area contributed by atoms with E-state index in [0.29, 0.717) is 0 Å². The predicted molar refractivity (Wildman–Crippen MR) is 109 cm³/mol. The summed E-state index contributed by atoms with van der Waals surface area (Å²) < 4.78 is 27.6. The van der Waals surface area contributed by atoms with Gasteiger partial charge in [0.05, 0.1) is 10.7 Å². The molecule has 152 valence electrons. The second-order valence-electron chi connectivity index (χ2n) is 5.96. The van der Waals surface area contributed by atoms with Crippen molar-refractivity contribution >= 4 is 44.9 Å². The summed E-state index contributed by atoms with van der Waals surface area (Å²) in [6.07, 6.45) is 0.415. The zero-order chi connectivity index (χ0) is 20.9. The lowest BCUT2D eigenvalue weighted by Crippen LogP contribution is -2.36. The maximum Gasteiger partial charge on any atom is 0.320 e. The minimum atomic E-state index is -4.17. The topological polar surface area (TPSA) is 107 Å². The number of likely N-dealkylation sites (N-methyl/N-ethyl adjacent to an activating group) is 1. The molecule has 1 unspecified atom stereocenters. The predicted octanol–water partition coefficient (Wildman–Crippen LogP) is 3.35. The standard InChI is InChI=1S/C18H20Cl2N2O5S/c1-21-14(18(24)25)5-4-10-22(15-6-2-3-7-16(15)23)28(26,27)17-11-12(19)8-9-13(17)20/h2-3,6-9,11,14,21,23H,4-5,10H2,1H3,(H,24,25). The summed E-state index contributed by atoms with van der Waals surface area (Å²) in [7, 11) is -2.65. The Morgan fingerprint density at radius 2 is 1.89 bits per heavy atom. The van der Waals surface area contributed by atoms with Gasteiger partial charge in [0, 0.05) is 11.6 Å². The van der Waals surface area contributed by atoms with Gasteiger partial charge in [0.15, 0.2) is 0 Å². The highest BCUT2D eigenvalue weighted by Gasteiger charge is 2.29. The Kier molecular flexibility index (Phi) is 7.54. The summed E-state index contributed by atoms with van der Waals surface area (Å²) in [4.78, 5) is 11.0. The van der Waals surface area contributed by atoms with Crippen molar-refractivity contribution in [3.8, 4) is 5.75 Å². The number of carboxylic acid groups (broad SMARTS) is 1. The fourth-order valence-corrected chi connectivity index (χ4v) is 4.93. The highest BCUT2D eigenvalue weighted by atomic mass is 35.5. The number of aliphatic carboxylic acids is 1. The Bertz CT molecular complexity index is 953. The van der Waals surface area contributed by atoms with E-state index in [-0.39, 0.29) is 45.8 Å².